The van der Waals surface area contributed by atoms with E-state index in [0.717, 1.165) is 0 Å². The van der Waals surface area contributed by atoms with Crippen molar-refractivity contribution in [2.45, 2.75) is 0 Å². The summed E-state index contributed by atoms with van der Waals surface area (Å²) in [5.41, 5.74) is 0. The van der Waals surface area contributed by atoms with Crippen LogP contribution in [0.2, 0.25) is 0 Å². The summed E-state index contributed by atoms with van der Waals surface area (Å²) >= 11 is 0. The van der Waals surface area contributed by atoms with Gasteiger partial charge in [0.25, 0.3) is 0 Å². The number of hydrogen-bond donors (Lipinski definition) is 0. The number of hydrogen-bond acceptors (Lipinski definition) is 0. The van der Waals surface area contributed by atoms with E-state index in [4.69, 9.17) is 139 Å². The molecule has 0 spiro atoms. The molecule has 0 nitrogen and oxygen atoms in total. The molecule has 0 aliphatic heterocycles. The standard InChI is InChI=1S/B36H3/c1-20(2)29(19)34(30(21(3)4)22(5)6)36(33(27(15)16)28(17)18)35(31(23(7)8)24(9)10)32(25(11)12)26(13)14/h1H3/q-1. The lowest BCUT2D eigenvalue weighted by atomic mass is 8.29. The first-order valence-electron chi connectivity index (χ1n) is 11.3. The summed E-state index contributed by atoms with van der Waals surface area (Å²) < 4.78 is 0. The van der Waals surface area contributed by atoms with Crippen LogP contribution in [0, 0.1) is 0 Å². The summed E-state index contributed by atoms with van der Waals surface area (Å²) in [6, 6.07) is 0. The Labute approximate surface area is 254 Å². The van der Waals surface area contributed by atoms with Gasteiger partial charge in [-0.3, -0.25) is 0 Å². The van der Waals surface area contributed by atoms with Crippen molar-refractivity contribution in [2.24, 2.45) is 0 Å². The maximum absolute atomic E-state index is 6.72. The van der Waals surface area contributed by atoms with Gasteiger partial charge in [0.2, 0.25) is 0 Å². The van der Waals surface area contributed by atoms with Gasteiger partial charge in [-0.25, -0.2) is 0 Å². The molecule has 0 unspecified atom stereocenters. The molecule has 0 aliphatic carbocycles. The fourth-order valence-electron chi connectivity index (χ4n) is 5.52. The van der Waals surface area contributed by atoms with Gasteiger partial charge in [0.05, 0.1) is 0 Å². The molecule has 112 valence electrons. The zero-order valence-corrected chi connectivity index (χ0v) is 20.2. The molecule has 0 bridgehead atoms. The molecule has 0 aromatic heterocycles. The Bertz CT molecular complexity index is 509. The monoisotopic (exact) mass is 399 g/mol. The van der Waals surface area contributed by atoms with E-state index in [-0.39, 0.29) is 0 Å². The highest BCUT2D eigenvalue weighted by Crippen LogP contribution is 2.17. The Kier molecular flexibility index (Phi) is 18.5. The normalized spacial score (nSPS) is 9.58. The predicted octanol–water partition coefficient (Wildman–Crippen LogP) is -14.5. The summed E-state index contributed by atoms with van der Waals surface area (Å²) in [6.45, 7) is 0. The van der Waals surface area contributed by atoms with E-state index in [0.29, 0.717) is 0 Å². The van der Waals surface area contributed by atoms with Crippen molar-refractivity contribution in [3.05, 3.63) is 0 Å². The van der Waals surface area contributed by atoms with Crippen LogP contribution in [0.25, 0.3) is 0 Å². The van der Waals surface area contributed by atoms with E-state index in [1.165, 1.54) is 0 Å². The lowest BCUT2D eigenvalue weighted by Gasteiger charge is -2.53. The summed E-state index contributed by atoms with van der Waals surface area (Å²) in [5.74, 6) is 0. The van der Waals surface area contributed by atoms with Crippen LogP contribution in [0.4, 0.5) is 0 Å². The second kappa shape index (κ2) is 17.3. The second-order valence-electron chi connectivity index (χ2n) is 9.43. The smallest absolute Gasteiger partial charge is 0.0000000000000851 e. The molecule has 0 saturated carbocycles. The minimum Gasteiger partial charge on any atom is -0.128 e. The van der Waals surface area contributed by atoms with Crippen molar-refractivity contribution in [1.29, 1.82) is 0 Å². The van der Waals surface area contributed by atoms with Crippen LogP contribution in [0.3, 0.4) is 0 Å². The van der Waals surface area contributed by atoms with E-state index in [1.807, 2.05) is 0 Å². The van der Waals surface area contributed by atoms with Gasteiger partial charge in [-0.2, -0.15) is 0 Å². The average Bonchev–Trinajstić information content (AvgIpc) is 2.66. The molecule has 0 aliphatic rings. The van der Waals surface area contributed by atoms with Crippen molar-refractivity contribution in [2.75, 3.05) is 0 Å². The van der Waals surface area contributed by atoms with Gasteiger partial charge in [-0.15, -0.1) is 6.39 Å². The third-order valence-electron chi connectivity index (χ3n) is 6.89. The topological polar surface area (TPSA) is 0 Å². The third-order valence-corrected chi connectivity index (χ3v) is 6.89. The molecule has 0 rings (SSSR count). The molecule has 0 heterocycles. The van der Waals surface area contributed by atoms with Crippen LogP contribution in [0.5, 0.6) is 0 Å². The summed E-state index contributed by atoms with van der Waals surface area (Å²) in [5, 5.41) is 0. The summed E-state index contributed by atoms with van der Waals surface area (Å²) in [6.07, 6.45) is -16.0. The highest BCUT2D eigenvalue weighted by molar-refractivity contribution is 8.30. The van der Waals surface area contributed by atoms with Crippen LogP contribution in [0.15, 0.2) is 0 Å². The van der Waals surface area contributed by atoms with Crippen molar-refractivity contribution < 1.29 is 0 Å². The van der Waals surface area contributed by atoms with Gasteiger partial charge < -0.3 is 0 Å². The zero-order valence-electron chi connectivity index (χ0n) is 20.2. The Morgan fingerprint density at radius 2 is 0.417 bits per heavy atom. The third kappa shape index (κ3) is 10.3. The quantitative estimate of drug-likeness (QED) is 0.229. The summed E-state index contributed by atoms with van der Waals surface area (Å²) in [4.78, 5) is 0. The van der Waals surface area contributed by atoms with Gasteiger partial charge in [-0.1, -0.05) is 7.74 Å². The molecule has 0 saturated heterocycles. The fraction of sp³-hybridized carbons (Fsp3) is 0. The predicted molar refractivity (Wildman–Crippen MR) is 211 cm³/mol. The first-order chi connectivity index (χ1) is 16.3. The maximum atomic E-state index is 6.72. The number of rotatable bonds is 16. The Hall–Kier alpha value is 2.34. The molecular weight excluding hydrogens is 389 g/mol. The molecule has 36 radical (unpaired) electrons. The molecule has 0 atom stereocenters. The molecule has 36 heavy (non-hydrogen) atoms. The van der Waals surface area contributed by atoms with Crippen LogP contribution in [0.1, 0.15) is 0 Å². The fourth-order valence-corrected chi connectivity index (χ4v) is 5.52. The van der Waals surface area contributed by atoms with Crippen molar-refractivity contribution in [3.8, 4) is 0 Å². The van der Waals surface area contributed by atoms with E-state index in [9.17, 15) is 0 Å². The van der Waals surface area contributed by atoms with Crippen LogP contribution in [-0.2, 0) is 0 Å². The Morgan fingerprint density at radius 1 is 0.250 bits per heavy atom. The van der Waals surface area contributed by atoms with Gasteiger partial charge >= 0.3 is 0 Å². The van der Waals surface area contributed by atoms with Crippen LogP contribution < -0.4 is 0 Å². The molecule has 0 fully saturated rings. The summed E-state index contributed by atoms with van der Waals surface area (Å²) in [7, 11) is 112. The van der Waals surface area contributed by atoms with Crippen LogP contribution in [-0.4, -0.2) is 256 Å². The molecular formula is H3B36-. The van der Waals surface area contributed by atoms with Gasteiger partial charge in [0.1, 0.15) is 0 Å². The largest absolute Gasteiger partial charge is 0.128 e. The Morgan fingerprint density at radius 3 is 0.583 bits per heavy atom. The van der Waals surface area contributed by atoms with Crippen molar-refractivity contribution >= 4 is 256 Å². The zero-order chi connectivity index (χ0) is 28.8. The van der Waals surface area contributed by atoms with Crippen LogP contribution >= 0.6 is 0 Å². The maximum Gasteiger partial charge on any atom is -0.0000000000000851 e. The molecule has 0 amide bonds. The van der Waals surface area contributed by atoms with E-state index in [1.54, 1.807) is 0 Å². The first-order valence-corrected chi connectivity index (χ1v) is 11.3. The van der Waals surface area contributed by atoms with Gasteiger partial charge in [0.15, 0.2) is 0 Å². The molecule has 36 heteroatoms. The first kappa shape index (κ1) is 38.3. The highest BCUT2D eigenvalue weighted by Gasteiger charge is 2.54. The minimum absolute atomic E-state index is 0.394. The minimum atomic E-state index is -1.11. The van der Waals surface area contributed by atoms with E-state index < -0.39 is 116 Å². The Balaban J connectivity index is 7.84. The lowest BCUT2D eigenvalue weighted by Crippen LogP contribution is -2.91. The van der Waals surface area contributed by atoms with Gasteiger partial charge in [-0.05, 0) is 241 Å². The molecule has 0 N–H and O–H groups in total. The van der Waals surface area contributed by atoms with E-state index >= 15 is 0 Å². The highest BCUT2D eigenvalue weighted by atomic mass is 13.4. The SMILES string of the molecule is [B]B([B])B(B([B])[B])B(B([B])B([B])[BH3-])B(B(B([B])[B])B([B])[B])B(B(B([B])[B])B([B])[B])B(B([B])[B])B([B])[B]. The van der Waals surface area contributed by atoms with Crippen molar-refractivity contribution in [3.63, 3.8) is 0 Å². The molecule has 0 aromatic rings. The molecule has 0 aromatic carbocycles. The van der Waals surface area contributed by atoms with E-state index in [2.05, 4.69) is 0 Å². The van der Waals surface area contributed by atoms with Gasteiger partial charge in [0, 0.05) is 0 Å². The lowest BCUT2D eigenvalue weighted by molar-refractivity contribution is 3.23. The second-order valence-corrected chi connectivity index (χ2v) is 9.43. The van der Waals surface area contributed by atoms with Crippen molar-refractivity contribution in [1.82, 2.24) is 0 Å². The average molecular weight is 392 g/mol.